The molecular weight excluding hydrogens is 424 g/mol. The Balaban J connectivity index is 1.27. The molecule has 1 aromatic carbocycles. The minimum atomic E-state index is -0.185. The Kier molecular flexibility index (Phi) is 5.97. The van der Waals surface area contributed by atoms with E-state index in [0.717, 1.165) is 30.6 Å². The highest BCUT2D eigenvalue weighted by atomic mass is 16.3. The highest BCUT2D eigenvalue weighted by Crippen LogP contribution is 2.67. The summed E-state index contributed by atoms with van der Waals surface area (Å²) in [6.45, 7) is 7.98. The van der Waals surface area contributed by atoms with E-state index in [9.17, 15) is 14.7 Å². The molecule has 3 saturated carbocycles. The molecule has 2 N–H and O–H groups in total. The van der Waals surface area contributed by atoms with E-state index < -0.39 is 0 Å². The molecule has 5 nitrogen and oxygen atoms in total. The number of para-hydroxylation sites is 1. The van der Waals surface area contributed by atoms with E-state index in [4.69, 9.17) is 0 Å². The predicted octanol–water partition coefficient (Wildman–Crippen LogP) is 5.24. The van der Waals surface area contributed by atoms with Crippen LogP contribution in [-0.4, -0.2) is 41.5 Å². The summed E-state index contributed by atoms with van der Waals surface area (Å²) in [6, 6.07) is 7.18. The number of phenols is 1. The van der Waals surface area contributed by atoms with Gasteiger partial charge in [0.15, 0.2) is 0 Å². The fraction of sp³-hybridized carbons (Fsp3) is 0.724. The van der Waals surface area contributed by atoms with Gasteiger partial charge in [-0.05, 0) is 97.5 Å². The second-order valence-electron chi connectivity index (χ2n) is 12.4. The molecule has 4 fully saturated rings. The maximum Gasteiger partial charge on any atom is 0.255 e. The zero-order chi connectivity index (χ0) is 24.3. The van der Waals surface area contributed by atoms with Crippen molar-refractivity contribution >= 4 is 11.8 Å². The van der Waals surface area contributed by atoms with Crippen LogP contribution in [0.5, 0.6) is 5.75 Å². The van der Waals surface area contributed by atoms with Crippen molar-refractivity contribution in [3.8, 4) is 5.75 Å². The third kappa shape index (κ3) is 3.56. The summed E-state index contributed by atoms with van der Waals surface area (Å²) in [4.78, 5) is 27.1. The third-order valence-electron chi connectivity index (χ3n) is 11.1. The molecule has 1 aliphatic heterocycles. The number of hydrogen-bond donors (Lipinski definition) is 2. The SMILES string of the molecule is CC(CNC(=O)c1ccccc1O)[C@H]1CC[C@H]2[C@@H]3CC[C@H]4N(C)C(=O)CC[C@]4(C)[C@H]3CC[C@]12C. The Morgan fingerprint density at radius 1 is 1.09 bits per heavy atom. The van der Waals surface area contributed by atoms with Gasteiger partial charge in [-0.1, -0.05) is 32.9 Å². The molecule has 0 spiro atoms. The maximum absolute atomic E-state index is 12.7. The number of fused-ring (bicyclic) bond motifs is 5. The van der Waals surface area contributed by atoms with Gasteiger partial charge in [0.25, 0.3) is 5.91 Å². The van der Waals surface area contributed by atoms with E-state index in [0.29, 0.717) is 47.7 Å². The fourth-order valence-electron chi connectivity index (χ4n) is 9.28. The quantitative estimate of drug-likeness (QED) is 0.638. The summed E-state index contributed by atoms with van der Waals surface area (Å²) in [7, 11) is 2.04. The number of hydrogen-bond acceptors (Lipinski definition) is 3. The molecule has 1 unspecified atom stereocenters. The normalized spacial score (nSPS) is 40.2. The van der Waals surface area contributed by atoms with Gasteiger partial charge in [0.1, 0.15) is 5.75 Å². The molecule has 1 heterocycles. The Morgan fingerprint density at radius 3 is 2.59 bits per heavy atom. The number of likely N-dealkylation sites (tertiary alicyclic amines) is 1. The number of carbonyl (C=O) groups excluding carboxylic acids is 2. The summed E-state index contributed by atoms with van der Waals surface area (Å²) in [5, 5.41) is 13.1. The summed E-state index contributed by atoms with van der Waals surface area (Å²) < 4.78 is 0. The van der Waals surface area contributed by atoms with Crippen molar-refractivity contribution in [1.82, 2.24) is 10.2 Å². The van der Waals surface area contributed by atoms with E-state index in [1.54, 1.807) is 24.3 Å². The Morgan fingerprint density at radius 2 is 1.82 bits per heavy atom. The number of aromatic hydroxyl groups is 1. The Bertz CT molecular complexity index is 962. The minimum Gasteiger partial charge on any atom is -0.507 e. The van der Waals surface area contributed by atoms with Crippen LogP contribution in [0.25, 0.3) is 0 Å². The number of phenolic OH excluding ortho intramolecular Hbond substituents is 1. The van der Waals surface area contributed by atoms with Gasteiger partial charge >= 0.3 is 0 Å². The standard InChI is InChI=1S/C29H42N2O3/c1-18(17-30-27(34)20-7-5-6-8-24(20)32)21-10-11-22-19-9-12-25-29(3,16-14-26(33)31(25)4)23(19)13-15-28(21,22)2/h5-8,18-19,21-23,25,32H,9-17H2,1-4H3,(H,30,34)/t18?,19-,21+,22-,23-,25+,28+,29+/m0/s1. The first-order valence-corrected chi connectivity index (χ1v) is 13.5. The second-order valence-corrected chi connectivity index (χ2v) is 12.4. The number of amides is 2. The Labute approximate surface area is 204 Å². The van der Waals surface area contributed by atoms with Crippen LogP contribution >= 0.6 is 0 Å². The molecule has 2 amide bonds. The molecule has 1 saturated heterocycles. The predicted molar refractivity (Wildman–Crippen MR) is 133 cm³/mol. The summed E-state index contributed by atoms with van der Waals surface area (Å²) in [5.41, 5.74) is 0.953. The lowest BCUT2D eigenvalue weighted by Crippen LogP contribution is -2.61. The average Bonchev–Trinajstić information content (AvgIpc) is 3.17. The first kappa shape index (κ1) is 23.7. The van der Waals surface area contributed by atoms with E-state index >= 15 is 0 Å². The number of benzene rings is 1. The first-order valence-electron chi connectivity index (χ1n) is 13.5. The summed E-state index contributed by atoms with van der Waals surface area (Å²) in [5.74, 6) is 3.48. The molecule has 5 heteroatoms. The lowest BCUT2D eigenvalue weighted by atomic mass is 9.46. The van der Waals surface area contributed by atoms with Crippen LogP contribution in [0.15, 0.2) is 24.3 Å². The second kappa shape index (κ2) is 8.57. The molecular formula is C29H42N2O3. The molecule has 186 valence electrons. The van der Waals surface area contributed by atoms with Gasteiger partial charge in [-0.15, -0.1) is 0 Å². The van der Waals surface area contributed by atoms with Gasteiger partial charge in [-0.2, -0.15) is 0 Å². The van der Waals surface area contributed by atoms with Crippen molar-refractivity contribution in [2.45, 2.75) is 78.2 Å². The van der Waals surface area contributed by atoms with Gasteiger partial charge in [-0.25, -0.2) is 0 Å². The monoisotopic (exact) mass is 466 g/mol. The van der Waals surface area contributed by atoms with Crippen LogP contribution in [0.1, 0.15) is 82.5 Å². The Hall–Kier alpha value is -2.04. The van der Waals surface area contributed by atoms with E-state index in [1.807, 2.05) is 7.05 Å². The van der Waals surface area contributed by atoms with Crippen LogP contribution in [0.2, 0.25) is 0 Å². The van der Waals surface area contributed by atoms with Crippen molar-refractivity contribution in [3.05, 3.63) is 29.8 Å². The largest absolute Gasteiger partial charge is 0.507 e. The molecule has 0 aromatic heterocycles. The molecule has 5 rings (SSSR count). The van der Waals surface area contributed by atoms with Crippen molar-refractivity contribution in [3.63, 3.8) is 0 Å². The number of rotatable bonds is 4. The lowest BCUT2D eigenvalue weighted by molar-refractivity contribution is -0.158. The average molecular weight is 467 g/mol. The van der Waals surface area contributed by atoms with Crippen molar-refractivity contribution in [1.29, 1.82) is 0 Å². The molecule has 34 heavy (non-hydrogen) atoms. The lowest BCUT2D eigenvalue weighted by Gasteiger charge is -2.62. The van der Waals surface area contributed by atoms with Crippen LogP contribution < -0.4 is 5.32 Å². The van der Waals surface area contributed by atoms with Gasteiger partial charge in [0, 0.05) is 26.1 Å². The number of nitrogens with zero attached hydrogens (tertiary/aromatic N) is 1. The van der Waals surface area contributed by atoms with Crippen LogP contribution in [0.3, 0.4) is 0 Å². The molecule has 1 aromatic rings. The molecule has 4 aliphatic rings. The van der Waals surface area contributed by atoms with Gasteiger partial charge in [0.05, 0.1) is 5.56 Å². The summed E-state index contributed by atoms with van der Waals surface area (Å²) in [6.07, 6.45) is 9.28. The first-order chi connectivity index (χ1) is 16.2. The zero-order valence-corrected chi connectivity index (χ0v) is 21.3. The molecule has 8 atom stereocenters. The highest BCUT2D eigenvalue weighted by molar-refractivity contribution is 5.96. The molecule has 0 bridgehead atoms. The topological polar surface area (TPSA) is 69.6 Å². The minimum absolute atomic E-state index is 0.0398. The van der Waals surface area contributed by atoms with Crippen molar-refractivity contribution in [2.24, 2.45) is 40.4 Å². The van der Waals surface area contributed by atoms with Crippen LogP contribution in [-0.2, 0) is 4.79 Å². The molecule has 3 aliphatic carbocycles. The van der Waals surface area contributed by atoms with E-state index in [-0.39, 0.29) is 17.1 Å². The van der Waals surface area contributed by atoms with Gasteiger partial charge in [-0.3, -0.25) is 9.59 Å². The van der Waals surface area contributed by atoms with Crippen LogP contribution in [0.4, 0.5) is 0 Å². The van der Waals surface area contributed by atoms with Crippen molar-refractivity contribution in [2.75, 3.05) is 13.6 Å². The summed E-state index contributed by atoms with van der Waals surface area (Å²) >= 11 is 0. The van der Waals surface area contributed by atoms with Crippen LogP contribution in [0, 0.1) is 40.4 Å². The van der Waals surface area contributed by atoms with Gasteiger partial charge < -0.3 is 15.3 Å². The van der Waals surface area contributed by atoms with E-state index in [2.05, 4.69) is 31.0 Å². The van der Waals surface area contributed by atoms with Gasteiger partial charge in [0.2, 0.25) is 5.91 Å². The number of nitrogens with one attached hydrogen (secondary N) is 1. The molecule has 0 radical (unpaired) electrons. The highest BCUT2D eigenvalue weighted by Gasteiger charge is 2.61. The fourth-order valence-corrected chi connectivity index (χ4v) is 9.28. The van der Waals surface area contributed by atoms with Crippen molar-refractivity contribution < 1.29 is 14.7 Å². The smallest absolute Gasteiger partial charge is 0.255 e. The zero-order valence-electron chi connectivity index (χ0n) is 21.3. The maximum atomic E-state index is 12.7. The third-order valence-corrected chi connectivity index (χ3v) is 11.1. The van der Waals surface area contributed by atoms with E-state index in [1.165, 1.54) is 32.1 Å². The number of piperidine rings is 1. The number of carbonyl (C=O) groups is 2.